The Morgan fingerprint density at radius 2 is 2.17 bits per heavy atom. The molecule has 1 heterocycles. The third-order valence-corrected chi connectivity index (χ3v) is 1.76. The summed E-state index contributed by atoms with van der Waals surface area (Å²) in [6.45, 7) is 0.946. The van der Waals surface area contributed by atoms with Crippen LogP contribution < -0.4 is 0 Å². The van der Waals surface area contributed by atoms with Gasteiger partial charge in [-0.25, -0.2) is 0 Å². The van der Waals surface area contributed by atoms with Crippen LogP contribution in [0.15, 0.2) is 11.5 Å². The zero-order valence-corrected chi connectivity index (χ0v) is 7.62. The lowest BCUT2D eigenvalue weighted by molar-refractivity contribution is 0.0588. The molecule has 4 nitrogen and oxygen atoms in total. The molecule has 1 unspecified atom stereocenters. The Labute approximate surface area is 72.1 Å². The van der Waals surface area contributed by atoms with Crippen molar-refractivity contribution in [1.82, 2.24) is 0 Å². The first-order chi connectivity index (χ1) is 5.83. The van der Waals surface area contributed by atoms with Gasteiger partial charge in [0.05, 0.1) is 7.11 Å². The Bertz CT molecular complexity index is 176. The summed E-state index contributed by atoms with van der Waals surface area (Å²) < 4.78 is 20.5. The minimum absolute atomic E-state index is 0.0832. The molecule has 0 bridgehead atoms. The number of hydrogen-bond acceptors (Lipinski definition) is 4. The summed E-state index contributed by atoms with van der Waals surface area (Å²) in [5.74, 6) is 1.46. The summed E-state index contributed by atoms with van der Waals surface area (Å²) in [4.78, 5) is 0. The fraction of sp³-hybridized carbons (Fsp3) is 0.750. The molecule has 0 aromatic rings. The van der Waals surface area contributed by atoms with Crippen LogP contribution in [0.2, 0.25) is 0 Å². The predicted octanol–water partition coefficient (Wildman–Crippen LogP) is 0.536. The standard InChI is InChI=1S/C8H14O4/c1-9-4-7-8(11-3)6(10-2)5-12-7/h6H,4-5H2,1-3H3. The van der Waals surface area contributed by atoms with Crippen molar-refractivity contribution in [2.75, 3.05) is 34.5 Å². The molecule has 0 radical (unpaired) electrons. The van der Waals surface area contributed by atoms with E-state index in [2.05, 4.69) is 0 Å². The topological polar surface area (TPSA) is 36.9 Å². The van der Waals surface area contributed by atoms with Crippen LogP contribution in [0.1, 0.15) is 0 Å². The summed E-state index contributed by atoms with van der Waals surface area (Å²) in [6, 6.07) is 0. The van der Waals surface area contributed by atoms with E-state index in [0.717, 1.165) is 11.5 Å². The van der Waals surface area contributed by atoms with Crippen molar-refractivity contribution in [2.45, 2.75) is 6.10 Å². The van der Waals surface area contributed by atoms with E-state index >= 15 is 0 Å². The highest BCUT2D eigenvalue weighted by atomic mass is 16.6. The predicted molar refractivity (Wildman–Crippen MR) is 42.7 cm³/mol. The Kier molecular flexibility index (Phi) is 3.37. The average molecular weight is 174 g/mol. The first-order valence-electron chi connectivity index (χ1n) is 3.75. The van der Waals surface area contributed by atoms with Crippen LogP contribution in [0.3, 0.4) is 0 Å². The molecule has 12 heavy (non-hydrogen) atoms. The zero-order chi connectivity index (χ0) is 8.97. The highest BCUT2D eigenvalue weighted by molar-refractivity contribution is 5.12. The van der Waals surface area contributed by atoms with Gasteiger partial charge in [-0.3, -0.25) is 0 Å². The van der Waals surface area contributed by atoms with Crippen molar-refractivity contribution in [3.63, 3.8) is 0 Å². The Morgan fingerprint density at radius 3 is 2.67 bits per heavy atom. The summed E-state index contributed by atoms with van der Waals surface area (Å²) in [5.41, 5.74) is 0. The summed E-state index contributed by atoms with van der Waals surface area (Å²) in [6.07, 6.45) is -0.0832. The number of rotatable bonds is 4. The monoisotopic (exact) mass is 174 g/mol. The van der Waals surface area contributed by atoms with Crippen LogP contribution >= 0.6 is 0 Å². The molecule has 0 saturated carbocycles. The van der Waals surface area contributed by atoms with Crippen LogP contribution in [0.25, 0.3) is 0 Å². The molecule has 1 rings (SSSR count). The molecule has 0 N–H and O–H groups in total. The molecule has 1 atom stereocenters. The van der Waals surface area contributed by atoms with Gasteiger partial charge in [0, 0.05) is 14.2 Å². The fourth-order valence-electron chi connectivity index (χ4n) is 1.17. The molecule has 70 valence electrons. The van der Waals surface area contributed by atoms with Gasteiger partial charge < -0.3 is 18.9 Å². The highest BCUT2D eigenvalue weighted by Crippen LogP contribution is 2.22. The molecule has 0 aliphatic carbocycles. The smallest absolute Gasteiger partial charge is 0.168 e. The summed E-state index contributed by atoms with van der Waals surface area (Å²) in [5, 5.41) is 0. The zero-order valence-electron chi connectivity index (χ0n) is 7.62. The third kappa shape index (κ3) is 1.70. The van der Waals surface area contributed by atoms with Gasteiger partial charge in [-0.05, 0) is 0 Å². The molecular weight excluding hydrogens is 160 g/mol. The lowest BCUT2D eigenvalue weighted by atomic mass is 10.3. The molecule has 0 saturated heterocycles. The second kappa shape index (κ2) is 4.33. The maximum Gasteiger partial charge on any atom is 0.168 e. The molecule has 0 aromatic heterocycles. The largest absolute Gasteiger partial charge is 0.495 e. The average Bonchev–Trinajstić information content (AvgIpc) is 2.47. The first kappa shape index (κ1) is 9.35. The van der Waals surface area contributed by atoms with Gasteiger partial charge in [0.2, 0.25) is 0 Å². The van der Waals surface area contributed by atoms with Crippen LogP contribution in [0.4, 0.5) is 0 Å². The lowest BCUT2D eigenvalue weighted by Crippen LogP contribution is -2.15. The SMILES string of the molecule is COCC1=C(OC)C(OC)CO1. The third-order valence-electron chi connectivity index (χ3n) is 1.76. The number of hydrogen-bond donors (Lipinski definition) is 0. The van der Waals surface area contributed by atoms with E-state index in [1.165, 1.54) is 0 Å². The molecule has 0 amide bonds. The molecule has 4 heteroatoms. The second-order valence-corrected chi connectivity index (χ2v) is 2.46. The molecule has 1 aliphatic rings. The number of ether oxygens (including phenoxy) is 4. The van der Waals surface area contributed by atoms with Crippen molar-refractivity contribution >= 4 is 0 Å². The van der Waals surface area contributed by atoms with Gasteiger partial charge in [0.15, 0.2) is 17.6 Å². The second-order valence-electron chi connectivity index (χ2n) is 2.46. The molecule has 0 fully saturated rings. The number of methoxy groups -OCH3 is 3. The van der Waals surface area contributed by atoms with Gasteiger partial charge >= 0.3 is 0 Å². The minimum atomic E-state index is -0.0832. The van der Waals surface area contributed by atoms with Crippen molar-refractivity contribution < 1.29 is 18.9 Å². The van der Waals surface area contributed by atoms with E-state index in [1.807, 2.05) is 0 Å². The van der Waals surface area contributed by atoms with Crippen LogP contribution in [0.5, 0.6) is 0 Å². The van der Waals surface area contributed by atoms with Gasteiger partial charge in [0.1, 0.15) is 13.2 Å². The van der Waals surface area contributed by atoms with Crippen molar-refractivity contribution in [3.8, 4) is 0 Å². The van der Waals surface area contributed by atoms with E-state index < -0.39 is 0 Å². The van der Waals surface area contributed by atoms with Crippen LogP contribution in [-0.2, 0) is 18.9 Å². The van der Waals surface area contributed by atoms with E-state index in [4.69, 9.17) is 18.9 Å². The van der Waals surface area contributed by atoms with Crippen LogP contribution in [0, 0.1) is 0 Å². The van der Waals surface area contributed by atoms with Gasteiger partial charge in [-0.2, -0.15) is 0 Å². The summed E-state index contributed by atoms with van der Waals surface area (Å²) in [7, 11) is 4.85. The molecular formula is C8H14O4. The van der Waals surface area contributed by atoms with Gasteiger partial charge in [0.25, 0.3) is 0 Å². The van der Waals surface area contributed by atoms with Crippen molar-refractivity contribution in [1.29, 1.82) is 0 Å². The van der Waals surface area contributed by atoms with E-state index in [-0.39, 0.29) is 6.10 Å². The highest BCUT2D eigenvalue weighted by Gasteiger charge is 2.27. The van der Waals surface area contributed by atoms with Gasteiger partial charge in [-0.1, -0.05) is 0 Å². The van der Waals surface area contributed by atoms with E-state index in [0.29, 0.717) is 13.2 Å². The van der Waals surface area contributed by atoms with E-state index in [9.17, 15) is 0 Å². The maximum absolute atomic E-state index is 5.30. The van der Waals surface area contributed by atoms with Crippen LogP contribution in [-0.4, -0.2) is 40.6 Å². The Hall–Kier alpha value is -0.740. The maximum atomic E-state index is 5.30. The fourth-order valence-corrected chi connectivity index (χ4v) is 1.17. The molecule has 0 spiro atoms. The minimum Gasteiger partial charge on any atom is -0.495 e. The van der Waals surface area contributed by atoms with Crippen molar-refractivity contribution in [3.05, 3.63) is 11.5 Å². The van der Waals surface area contributed by atoms with E-state index in [1.54, 1.807) is 21.3 Å². The quantitative estimate of drug-likeness (QED) is 0.623. The van der Waals surface area contributed by atoms with Crippen molar-refractivity contribution in [2.24, 2.45) is 0 Å². The lowest BCUT2D eigenvalue weighted by Gasteiger charge is -2.08. The molecule has 0 aromatic carbocycles. The summed E-state index contributed by atoms with van der Waals surface area (Å²) >= 11 is 0. The Balaban J connectivity index is 2.65. The first-order valence-corrected chi connectivity index (χ1v) is 3.75. The molecule has 1 aliphatic heterocycles. The van der Waals surface area contributed by atoms with Gasteiger partial charge in [-0.15, -0.1) is 0 Å². The normalized spacial score (nSPS) is 22.8. The Morgan fingerprint density at radius 1 is 1.42 bits per heavy atom.